The number of ketones is 1. The maximum absolute atomic E-state index is 13.7. The van der Waals surface area contributed by atoms with E-state index in [1.165, 1.54) is 14.2 Å². The minimum atomic E-state index is -3.39. The van der Waals surface area contributed by atoms with E-state index in [1.807, 2.05) is 18.2 Å². The molecule has 222 valence electrons. The predicted molar refractivity (Wildman–Crippen MR) is 156 cm³/mol. The van der Waals surface area contributed by atoms with Gasteiger partial charge in [-0.2, -0.15) is 0 Å². The Morgan fingerprint density at radius 3 is 2.38 bits per heavy atom. The maximum atomic E-state index is 13.7. The molecule has 0 aliphatic carbocycles. The SMILES string of the molecule is CCC(=O)c1csc(NC(=O)[C@H]([C@@H](C)c2ccccc2)N2C(=O)N[C@H](c3ccc(OCP(=O)(OC)OC)cc3)C2=O)n1. The lowest BCUT2D eigenvalue weighted by Gasteiger charge is -2.29. The summed E-state index contributed by atoms with van der Waals surface area (Å²) in [5.74, 6) is -1.63. The van der Waals surface area contributed by atoms with Crippen molar-refractivity contribution in [1.82, 2.24) is 15.2 Å². The number of thiazole rings is 1. The van der Waals surface area contributed by atoms with E-state index in [1.54, 1.807) is 55.6 Å². The van der Waals surface area contributed by atoms with Gasteiger partial charge in [-0.1, -0.05) is 56.3 Å². The molecule has 1 aromatic heterocycles. The van der Waals surface area contributed by atoms with Crippen LogP contribution < -0.4 is 15.4 Å². The van der Waals surface area contributed by atoms with E-state index in [-0.39, 0.29) is 29.4 Å². The Hall–Kier alpha value is -3.90. The number of hydrogen-bond donors (Lipinski definition) is 2. The fourth-order valence-corrected chi connectivity index (χ4v) is 5.78. The monoisotopic (exact) mass is 614 g/mol. The minimum absolute atomic E-state index is 0.166. The zero-order valence-electron chi connectivity index (χ0n) is 23.4. The number of hydrogen-bond acceptors (Lipinski definition) is 10. The summed E-state index contributed by atoms with van der Waals surface area (Å²) in [7, 11) is -0.881. The third kappa shape index (κ3) is 6.76. The van der Waals surface area contributed by atoms with E-state index in [0.29, 0.717) is 11.3 Å². The quantitative estimate of drug-likeness (QED) is 0.154. The van der Waals surface area contributed by atoms with Gasteiger partial charge in [0.05, 0.1) is 0 Å². The van der Waals surface area contributed by atoms with Gasteiger partial charge in [0.25, 0.3) is 5.91 Å². The lowest BCUT2D eigenvalue weighted by atomic mass is 9.91. The molecule has 0 bridgehead atoms. The largest absolute Gasteiger partial charge is 0.481 e. The Morgan fingerprint density at radius 2 is 1.76 bits per heavy atom. The number of imide groups is 1. The van der Waals surface area contributed by atoms with Gasteiger partial charge < -0.3 is 24.4 Å². The van der Waals surface area contributed by atoms with Gasteiger partial charge >= 0.3 is 13.6 Å². The highest BCUT2D eigenvalue weighted by atomic mass is 32.1. The summed E-state index contributed by atoms with van der Waals surface area (Å²) in [5, 5.41) is 7.10. The van der Waals surface area contributed by atoms with Crippen LogP contribution in [0.25, 0.3) is 0 Å². The molecule has 2 heterocycles. The summed E-state index contributed by atoms with van der Waals surface area (Å²) >= 11 is 1.08. The summed E-state index contributed by atoms with van der Waals surface area (Å²) in [6, 6.07) is 12.3. The van der Waals surface area contributed by atoms with E-state index in [4.69, 9.17) is 13.8 Å². The Bertz CT molecular complexity index is 1490. The third-order valence-corrected chi connectivity index (χ3v) is 9.13. The van der Waals surface area contributed by atoms with Crippen LogP contribution >= 0.6 is 18.9 Å². The van der Waals surface area contributed by atoms with Crippen molar-refractivity contribution in [3.05, 3.63) is 76.8 Å². The number of amides is 4. The van der Waals surface area contributed by atoms with E-state index >= 15 is 0 Å². The van der Waals surface area contributed by atoms with Crippen molar-refractivity contribution >= 4 is 47.7 Å². The van der Waals surface area contributed by atoms with Crippen molar-refractivity contribution in [2.24, 2.45) is 0 Å². The molecular formula is C28H31N4O8PS. The summed E-state index contributed by atoms with van der Waals surface area (Å²) in [5.41, 5.74) is 1.44. The fourth-order valence-electron chi connectivity index (χ4n) is 4.40. The molecule has 0 unspecified atom stereocenters. The number of rotatable bonds is 13. The highest BCUT2D eigenvalue weighted by molar-refractivity contribution is 7.53. The number of aromatic nitrogens is 1. The van der Waals surface area contributed by atoms with E-state index in [0.717, 1.165) is 21.8 Å². The van der Waals surface area contributed by atoms with Crippen LogP contribution in [0.3, 0.4) is 0 Å². The Balaban J connectivity index is 1.57. The maximum Gasteiger partial charge on any atom is 0.367 e. The van der Waals surface area contributed by atoms with Gasteiger partial charge in [-0.05, 0) is 23.3 Å². The van der Waals surface area contributed by atoms with Gasteiger partial charge in [0.2, 0.25) is 5.91 Å². The van der Waals surface area contributed by atoms with Gasteiger partial charge in [0.1, 0.15) is 23.5 Å². The van der Waals surface area contributed by atoms with Crippen molar-refractivity contribution in [3.63, 3.8) is 0 Å². The molecule has 1 fully saturated rings. The molecule has 4 amide bonds. The zero-order chi connectivity index (χ0) is 30.4. The molecule has 4 rings (SSSR count). The van der Waals surface area contributed by atoms with Gasteiger partial charge in [0.15, 0.2) is 17.3 Å². The Kier molecular flexibility index (Phi) is 9.89. The first-order valence-corrected chi connectivity index (χ1v) is 15.6. The molecule has 1 aliphatic heterocycles. The Morgan fingerprint density at radius 1 is 1.10 bits per heavy atom. The number of nitrogens with zero attached hydrogens (tertiary/aromatic N) is 2. The van der Waals surface area contributed by atoms with Crippen molar-refractivity contribution in [3.8, 4) is 5.75 Å². The second-order valence-electron chi connectivity index (χ2n) is 9.36. The smallest absolute Gasteiger partial charge is 0.367 e. The van der Waals surface area contributed by atoms with Crippen LogP contribution in [-0.2, 0) is 23.2 Å². The van der Waals surface area contributed by atoms with Crippen molar-refractivity contribution in [1.29, 1.82) is 0 Å². The van der Waals surface area contributed by atoms with Crippen molar-refractivity contribution < 1.29 is 37.5 Å². The number of carbonyl (C=O) groups excluding carboxylic acids is 4. The number of benzene rings is 2. The summed E-state index contributed by atoms with van der Waals surface area (Å²) in [6.45, 7) is 3.47. The predicted octanol–water partition coefficient (Wildman–Crippen LogP) is 4.96. The van der Waals surface area contributed by atoms with Crippen LogP contribution in [0.4, 0.5) is 9.93 Å². The average molecular weight is 615 g/mol. The lowest BCUT2D eigenvalue weighted by Crippen LogP contribution is -2.50. The first-order valence-electron chi connectivity index (χ1n) is 13.0. The topological polar surface area (TPSA) is 153 Å². The number of anilines is 1. The number of nitrogens with one attached hydrogen (secondary N) is 2. The van der Waals surface area contributed by atoms with Crippen molar-refractivity contribution in [2.45, 2.75) is 38.3 Å². The number of ether oxygens (including phenoxy) is 1. The highest BCUT2D eigenvalue weighted by Crippen LogP contribution is 2.46. The first-order chi connectivity index (χ1) is 20.1. The fraction of sp³-hybridized carbons (Fsp3) is 0.321. The first kappa shape index (κ1) is 31.0. The number of carbonyl (C=O) groups is 4. The van der Waals surface area contributed by atoms with Crippen LogP contribution in [-0.4, -0.2) is 60.1 Å². The number of urea groups is 1. The van der Waals surface area contributed by atoms with E-state index in [2.05, 4.69) is 15.6 Å². The second kappa shape index (κ2) is 13.4. The molecule has 0 radical (unpaired) electrons. The molecule has 1 aliphatic rings. The molecular weight excluding hydrogens is 583 g/mol. The second-order valence-corrected chi connectivity index (χ2v) is 12.4. The van der Waals surface area contributed by atoms with Crippen LogP contribution in [0, 0.1) is 0 Å². The lowest BCUT2D eigenvalue weighted by molar-refractivity contribution is -0.134. The Labute approximate surface area is 246 Å². The van der Waals surface area contributed by atoms with Gasteiger partial charge in [-0.15, -0.1) is 11.3 Å². The van der Waals surface area contributed by atoms with Crippen LogP contribution in [0.1, 0.15) is 53.8 Å². The van der Waals surface area contributed by atoms with Gasteiger partial charge in [0, 0.05) is 31.9 Å². The van der Waals surface area contributed by atoms with E-state index < -0.39 is 43.4 Å². The summed E-state index contributed by atoms with van der Waals surface area (Å²) < 4.78 is 27.4. The molecule has 42 heavy (non-hydrogen) atoms. The molecule has 3 atom stereocenters. The molecule has 2 aromatic carbocycles. The minimum Gasteiger partial charge on any atom is -0.481 e. The molecule has 0 saturated carbocycles. The molecule has 2 N–H and O–H groups in total. The van der Waals surface area contributed by atoms with Gasteiger partial charge in [-0.3, -0.25) is 18.9 Å². The summed E-state index contributed by atoms with van der Waals surface area (Å²) in [4.78, 5) is 57.8. The van der Waals surface area contributed by atoms with Crippen LogP contribution in [0.15, 0.2) is 60.0 Å². The molecule has 14 heteroatoms. The summed E-state index contributed by atoms with van der Waals surface area (Å²) in [6.07, 6.45) is -0.0452. The third-order valence-electron chi connectivity index (χ3n) is 6.82. The van der Waals surface area contributed by atoms with Crippen LogP contribution in [0.5, 0.6) is 5.75 Å². The van der Waals surface area contributed by atoms with Gasteiger partial charge in [-0.25, -0.2) is 14.7 Å². The normalized spacial score (nSPS) is 16.6. The zero-order valence-corrected chi connectivity index (χ0v) is 25.1. The number of Topliss-reactive ketones (excluding diaryl/α,β-unsaturated/α-hetero) is 1. The molecule has 3 aromatic rings. The molecule has 12 nitrogen and oxygen atoms in total. The molecule has 1 saturated heterocycles. The average Bonchev–Trinajstić information content (AvgIpc) is 3.60. The van der Waals surface area contributed by atoms with E-state index in [9.17, 15) is 23.7 Å². The molecule has 0 spiro atoms. The highest BCUT2D eigenvalue weighted by Gasteiger charge is 2.47. The standard InChI is InChI=1S/C28H31N4O8PS/c1-5-22(33)21-15-42-27(29-21)31-25(34)24(17(2)18-9-7-6-8-10-18)32-26(35)23(30-28(32)36)19-11-13-20(14-12-19)40-16-41(37,38-3)39-4/h6-15,17,23-24H,5,16H2,1-4H3,(H,30,36)(H,29,31,34)/t17-,23+,24-/m0/s1. The van der Waals surface area contributed by atoms with Crippen LogP contribution in [0.2, 0.25) is 0 Å². The van der Waals surface area contributed by atoms with Crippen molar-refractivity contribution in [2.75, 3.05) is 25.9 Å².